The monoisotopic (exact) mass is 286 g/mol. The summed E-state index contributed by atoms with van der Waals surface area (Å²) in [6.45, 7) is 1.39. The van der Waals surface area contributed by atoms with Gasteiger partial charge in [-0.25, -0.2) is 8.78 Å². The molecule has 1 aromatic carbocycles. The first-order valence-corrected chi connectivity index (χ1v) is 6.46. The molecule has 0 spiro atoms. The van der Waals surface area contributed by atoms with Gasteiger partial charge in [0.1, 0.15) is 6.61 Å². The fourth-order valence-corrected chi connectivity index (χ4v) is 1.58. The van der Waals surface area contributed by atoms with Crippen LogP contribution in [-0.2, 0) is 9.53 Å². The number of benzene rings is 1. The van der Waals surface area contributed by atoms with Crippen molar-refractivity contribution in [2.24, 2.45) is 0 Å². The van der Waals surface area contributed by atoms with E-state index in [1.807, 2.05) is 26.1 Å². The summed E-state index contributed by atoms with van der Waals surface area (Å²) >= 11 is 0. The van der Waals surface area contributed by atoms with E-state index in [-0.39, 0.29) is 25.0 Å². The van der Waals surface area contributed by atoms with E-state index in [2.05, 4.69) is 15.4 Å². The quantitative estimate of drug-likeness (QED) is 0.722. The Kier molecular flexibility index (Phi) is 7.11. The van der Waals surface area contributed by atoms with Gasteiger partial charge in [-0.1, -0.05) is 12.1 Å². The number of amides is 1. The number of carbonyl (C=O) groups excluding carboxylic acids is 1. The van der Waals surface area contributed by atoms with E-state index >= 15 is 0 Å². The van der Waals surface area contributed by atoms with Crippen molar-refractivity contribution in [3.05, 3.63) is 29.8 Å². The van der Waals surface area contributed by atoms with E-state index in [1.54, 1.807) is 12.1 Å². The highest BCUT2D eigenvalue weighted by Gasteiger charge is 2.06. The van der Waals surface area contributed by atoms with Crippen molar-refractivity contribution in [3.63, 3.8) is 0 Å². The summed E-state index contributed by atoms with van der Waals surface area (Å²) in [5, 5.41) is 5.81. The molecule has 6 heteroatoms. The van der Waals surface area contributed by atoms with Crippen LogP contribution in [0.4, 0.5) is 14.5 Å². The summed E-state index contributed by atoms with van der Waals surface area (Å²) in [5.41, 5.74) is 1.79. The van der Waals surface area contributed by atoms with E-state index in [0.29, 0.717) is 5.69 Å². The highest BCUT2D eigenvalue weighted by Crippen LogP contribution is 2.15. The van der Waals surface area contributed by atoms with Crippen LogP contribution in [0.25, 0.3) is 0 Å². The summed E-state index contributed by atoms with van der Waals surface area (Å²) in [5.74, 6) is -0.256. The normalized spacial score (nSPS) is 12.4. The van der Waals surface area contributed by atoms with E-state index in [1.165, 1.54) is 0 Å². The zero-order chi connectivity index (χ0) is 15.0. The molecule has 0 aliphatic carbocycles. The van der Waals surface area contributed by atoms with Gasteiger partial charge in [-0.15, -0.1) is 0 Å². The molecule has 1 atom stereocenters. The number of halogens is 2. The highest BCUT2D eigenvalue weighted by atomic mass is 19.3. The lowest BCUT2D eigenvalue weighted by Gasteiger charge is -2.11. The molecule has 4 nitrogen and oxygen atoms in total. The van der Waals surface area contributed by atoms with Crippen molar-refractivity contribution < 1.29 is 18.3 Å². The Morgan fingerprint density at radius 1 is 1.30 bits per heavy atom. The van der Waals surface area contributed by atoms with Crippen LogP contribution in [0.2, 0.25) is 0 Å². The van der Waals surface area contributed by atoms with Crippen LogP contribution < -0.4 is 10.6 Å². The van der Waals surface area contributed by atoms with Crippen molar-refractivity contribution in [1.29, 1.82) is 0 Å². The number of rotatable bonds is 8. The number of hydrogen-bond acceptors (Lipinski definition) is 3. The van der Waals surface area contributed by atoms with Gasteiger partial charge in [-0.2, -0.15) is 0 Å². The minimum absolute atomic E-state index is 0.00888. The van der Waals surface area contributed by atoms with Crippen molar-refractivity contribution in [2.45, 2.75) is 25.8 Å². The maximum Gasteiger partial charge on any atom is 0.261 e. The van der Waals surface area contributed by atoms with Gasteiger partial charge in [0.15, 0.2) is 0 Å². The Morgan fingerprint density at radius 3 is 2.50 bits per heavy atom. The van der Waals surface area contributed by atoms with Gasteiger partial charge in [-0.3, -0.25) is 4.79 Å². The second-order valence-electron chi connectivity index (χ2n) is 4.40. The molecule has 2 N–H and O–H groups in total. The number of alkyl halides is 2. The molecule has 0 aliphatic rings. The van der Waals surface area contributed by atoms with Crippen LogP contribution in [-0.4, -0.2) is 32.6 Å². The number of ether oxygens (including phenoxy) is 1. The third-order valence-corrected chi connectivity index (χ3v) is 2.84. The number of nitrogens with one attached hydrogen (secondary N) is 2. The third kappa shape index (κ3) is 6.08. The van der Waals surface area contributed by atoms with Gasteiger partial charge in [0.2, 0.25) is 5.91 Å². The molecule has 1 amide bonds. The summed E-state index contributed by atoms with van der Waals surface area (Å²) < 4.78 is 28.3. The predicted molar refractivity (Wildman–Crippen MR) is 74.0 cm³/mol. The lowest BCUT2D eigenvalue weighted by molar-refractivity contribution is -0.117. The summed E-state index contributed by atoms with van der Waals surface area (Å²) in [6.07, 6.45) is -2.44. The first kappa shape index (κ1) is 16.5. The molecular weight excluding hydrogens is 266 g/mol. The Hall–Kier alpha value is -1.53. The summed E-state index contributed by atoms with van der Waals surface area (Å²) in [6, 6.07) is 7.69. The number of carbonyl (C=O) groups is 1. The molecule has 0 aromatic heterocycles. The zero-order valence-electron chi connectivity index (χ0n) is 11.7. The van der Waals surface area contributed by atoms with Crippen molar-refractivity contribution >= 4 is 11.6 Å². The molecule has 0 saturated carbocycles. The highest BCUT2D eigenvalue weighted by molar-refractivity contribution is 5.90. The lowest BCUT2D eigenvalue weighted by atomic mass is 10.1. The van der Waals surface area contributed by atoms with E-state index in [9.17, 15) is 13.6 Å². The minimum atomic E-state index is -2.50. The van der Waals surface area contributed by atoms with Crippen LogP contribution in [0.1, 0.15) is 24.9 Å². The molecule has 0 saturated heterocycles. The lowest BCUT2D eigenvalue weighted by Crippen LogP contribution is -2.16. The minimum Gasteiger partial charge on any atom is -0.375 e. The van der Waals surface area contributed by atoms with Crippen molar-refractivity contribution in [3.8, 4) is 0 Å². The van der Waals surface area contributed by atoms with Gasteiger partial charge in [-0.05, 0) is 31.7 Å². The molecule has 0 bridgehead atoms. The second kappa shape index (κ2) is 8.60. The largest absolute Gasteiger partial charge is 0.375 e. The van der Waals surface area contributed by atoms with Gasteiger partial charge >= 0.3 is 0 Å². The first-order chi connectivity index (χ1) is 9.52. The standard InChI is InChI=1S/C14H20F2N2O2/c1-10(17-2)11-3-5-12(6-4-11)18-14(19)7-8-20-9-13(15)16/h3-6,10,13,17H,7-9H2,1-2H3,(H,18,19). The fraction of sp³-hybridized carbons (Fsp3) is 0.500. The third-order valence-electron chi connectivity index (χ3n) is 2.84. The topological polar surface area (TPSA) is 50.4 Å². The molecule has 112 valence electrons. The number of hydrogen-bond donors (Lipinski definition) is 2. The fourth-order valence-electron chi connectivity index (χ4n) is 1.58. The van der Waals surface area contributed by atoms with Crippen molar-refractivity contribution in [1.82, 2.24) is 5.32 Å². The van der Waals surface area contributed by atoms with Crippen LogP contribution >= 0.6 is 0 Å². The summed E-state index contributed by atoms with van der Waals surface area (Å²) in [7, 11) is 1.87. The van der Waals surface area contributed by atoms with Gasteiger partial charge in [0.05, 0.1) is 13.0 Å². The molecule has 1 rings (SSSR count). The first-order valence-electron chi connectivity index (χ1n) is 6.46. The SMILES string of the molecule is CNC(C)c1ccc(NC(=O)CCOCC(F)F)cc1. The van der Waals surface area contributed by atoms with Crippen LogP contribution in [0.3, 0.4) is 0 Å². The Balaban J connectivity index is 2.35. The molecular formula is C14H20F2N2O2. The molecule has 0 heterocycles. The predicted octanol–water partition coefficient (Wildman–Crippen LogP) is 2.58. The Labute approximate surface area is 117 Å². The maximum atomic E-state index is 11.8. The second-order valence-corrected chi connectivity index (χ2v) is 4.40. The Bertz CT molecular complexity index is 410. The summed E-state index contributed by atoms with van der Waals surface area (Å²) in [4.78, 5) is 11.5. The zero-order valence-corrected chi connectivity index (χ0v) is 11.7. The van der Waals surface area contributed by atoms with Gasteiger partial charge in [0, 0.05) is 11.7 Å². The van der Waals surface area contributed by atoms with E-state index < -0.39 is 13.0 Å². The van der Waals surface area contributed by atoms with Crippen LogP contribution in [0, 0.1) is 0 Å². The number of anilines is 1. The molecule has 0 radical (unpaired) electrons. The molecule has 1 aromatic rings. The molecule has 0 fully saturated rings. The smallest absolute Gasteiger partial charge is 0.261 e. The van der Waals surface area contributed by atoms with Crippen LogP contribution in [0.15, 0.2) is 24.3 Å². The maximum absolute atomic E-state index is 11.8. The Morgan fingerprint density at radius 2 is 1.95 bits per heavy atom. The van der Waals surface area contributed by atoms with E-state index in [0.717, 1.165) is 5.56 Å². The molecule has 20 heavy (non-hydrogen) atoms. The molecule has 0 aliphatic heterocycles. The van der Waals surface area contributed by atoms with Crippen LogP contribution in [0.5, 0.6) is 0 Å². The van der Waals surface area contributed by atoms with Gasteiger partial charge < -0.3 is 15.4 Å². The average molecular weight is 286 g/mol. The molecule has 1 unspecified atom stereocenters. The average Bonchev–Trinajstić information content (AvgIpc) is 2.43. The van der Waals surface area contributed by atoms with Gasteiger partial charge in [0.25, 0.3) is 6.43 Å². The van der Waals surface area contributed by atoms with E-state index in [4.69, 9.17) is 0 Å². The van der Waals surface area contributed by atoms with Crippen molar-refractivity contribution in [2.75, 3.05) is 25.6 Å².